The number of halogens is 1. The number of hydrogen-bond acceptors (Lipinski definition) is 3. The standard InChI is InChI=1S/C14H15ClN4O2/c1-8-5-17-18-12(8)9-2-3-19(7-9)14(21)10-4-11(15)13(20)16-6-10/h4-6,9H,2-3,7H2,1H3,(H,16,20)(H,17,18). The van der Waals surface area contributed by atoms with Crippen LogP contribution >= 0.6 is 11.6 Å². The third kappa shape index (κ3) is 2.58. The third-order valence-corrected chi connectivity index (χ3v) is 4.14. The Hall–Kier alpha value is -2.08. The van der Waals surface area contributed by atoms with Crippen LogP contribution in [0, 0.1) is 6.92 Å². The largest absolute Gasteiger partial charge is 0.338 e. The highest BCUT2D eigenvalue weighted by atomic mass is 35.5. The molecule has 3 rings (SSSR count). The van der Waals surface area contributed by atoms with Crippen molar-refractivity contribution < 1.29 is 4.79 Å². The van der Waals surface area contributed by atoms with Crippen LogP contribution in [-0.2, 0) is 0 Å². The van der Waals surface area contributed by atoms with Gasteiger partial charge in [0.1, 0.15) is 5.02 Å². The van der Waals surface area contributed by atoms with Crippen LogP contribution in [0.2, 0.25) is 5.02 Å². The van der Waals surface area contributed by atoms with Crippen molar-refractivity contribution in [2.24, 2.45) is 0 Å². The van der Waals surface area contributed by atoms with Gasteiger partial charge in [-0.2, -0.15) is 5.10 Å². The maximum absolute atomic E-state index is 12.4. The van der Waals surface area contributed by atoms with Crippen molar-refractivity contribution >= 4 is 17.5 Å². The number of nitrogens with one attached hydrogen (secondary N) is 2. The van der Waals surface area contributed by atoms with E-state index in [2.05, 4.69) is 15.2 Å². The predicted octanol–water partition coefficient (Wildman–Crippen LogP) is 1.69. The molecule has 6 nitrogen and oxygen atoms in total. The molecule has 1 aliphatic rings. The van der Waals surface area contributed by atoms with E-state index in [-0.39, 0.29) is 22.4 Å². The Kier molecular flexibility index (Phi) is 3.55. The number of nitrogens with zero attached hydrogens (tertiary/aromatic N) is 2. The third-order valence-electron chi connectivity index (χ3n) is 3.86. The van der Waals surface area contributed by atoms with Crippen LogP contribution in [0.1, 0.15) is 34.0 Å². The molecule has 7 heteroatoms. The van der Waals surface area contributed by atoms with Gasteiger partial charge in [0.2, 0.25) is 0 Å². The van der Waals surface area contributed by atoms with Gasteiger partial charge < -0.3 is 9.88 Å². The van der Waals surface area contributed by atoms with Crippen molar-refractivity contribution in [2.75, 3.05) is 13.1 Å². The van der Waals surface area contributed by atoms with Crippen LogP contribution in [0.4, 0.5) is 0 Å². The molecule has 0 saturated carbocycles. The summed E-state index contributed by atoms with van der Waals surface area (Å²) in [7, 11) is 0. The van der Waals surface area contributed by atoms with Gasteiger partial charge in [-0.25, -0.2) is 0 Å². The molecule has 1 atom stereocenters. The van der Waals surface area contributed by atoms with E-state index in [0.717, 1.165) is 17.7 Å². The first-order valence-electron chi connectivity index (χ1n) is 6.73. The Labute approximate surface area is 126 Å². The van der Waals surface area contributed by atoms with Gasteiger partial charge >= 0.3 is 0 Å². The molecule has 0 spiro atoms. The van der Waals surface area contributed by atoms with E-state index in [1.807, 2.05) is 6.92 Å². The van der Waals surface area contributed by atoms with E-state index in [9.17, 15) is 9.59 Å². The van der Waals surface area contributed by atoms with Gasteiger partial charge in [0.05, 0.1) is 11.8 Å². The molecule has 0 aliphatic carbocycles. The van der Waals surface area contributed by atoms with Crippen molar-refractivity contribution in [1.29, 1.82) is 0 Å². The highest BCUT2D eigenvalue weighted by molar-refractivity contribution is 6.30. The Bertz CT molecular complexity index is 737. The van der Waals surface area contributed by atoms with Gasteiger partial charge in [0.25, 0.3) is 11.5 Å². The zero-order chi connectivity index (χ0) is 15.0. The number of carbonyl (C=O) groups excluding carboxylic acids is 1. The number of aryl methyl sites for hydroxylation is 1. The second kappa shape index (κ2) is 5.37. The average molecular weight is 307 g/mol. The number of hydrogen-bond donors (Lipinski definition) is 2. The van der Waals surface area contributed by atoms with Crippen LogP contribution < -0.4 is 5.56 Å². The highest BCUT2D eigenvalue weighted by Crippen LogP contribution is 2.28. The summed E-state index contributed by atoms with van der Waals surface area (Å²) in [4.78, 5) is 27.9. The molecule has 2 aromatic rings. The topological polar surface area (TPSA) is 81.8 Å². The molecular formula is C14H15ClN4O2. The number of carbonyl (C=O) groups is 1. The molecule has 1 saturated heterocycles. The minimum Gasteiger partial charge on any atom is -0.338 e. The molecule has 110 valence electrons. The summed E-state index contributed by atoms with van der Waals surface area (Å²) < 4.78 is 0. The zero-order valence-electron chi connectivity index (χ0n) is 11.5. The Balaban J connectivity index is 1.76. The molecule has 1 fully saturated rings. The SMILES string of the molecule is Cc1cn[nH]c1C1CCN(C(=O)c2c[nH]c(=O)c(Cl)c2)C1. The summed E-state index contributed by atoms with van der Waals surface area (Å²) in [5.74, 6) is 0.155. The van der Waals surface area contributed by atoms with Gasteiger partial charge in [0.15, 0.2) is 0 Å². The molecular weight excluding hydrogens is 292 g/mol. The lowest BCUT2D eigenvalue weighted by Gasteiger charge is -2.16. The molecule has 0 aromatic carbocycles. The van der Waals surface area contributed by atoms with E-state index < -0.39 is 0 Å². The normalized spacial score (nSPS) is 18.2. The second-order valence-corrected chi connectivity index (χ2v) is 5.68. The molecule has 1 amide bonds. The molecule has 21 heavy (non-hydrogen) atoms. The average Bonchev–Trinajstić information content (AvgIpc) is 3.09. The lowest BCUT2D eigenvalue weighted by Crippen LogP contribution is -2.29. The lowest BCUT2D eigenvalue weighted by atomic mass is 10.0. The van der Waals surface area contributed by atoms with Crippen molar-refractivity contribution in [3.8, 4) is 0 Å². The van der Waals surface area contributed by atoms with Crippen LogP contribution in [-0.4, -0.2) is 39.1 Å². The maximum Gasteiger partial charge on any atom is 0.266 e. The quantitative estimate of drug-likeness (QED) is 0.886. The van der Waals surface area contributed by atoms with Gasteiger partial charge in [-0.3, -0.25) is 14.7 Å². The number of pyridine rings is 1. The van der Waals surface area contributed by atoms with Crippen LogP contribution in [0.5, 0.6) is 0 Å². The number of aromatic nitrogens is 3. The van der Waals surface area contributed by atoms with Crippen molar-refractivity contribution in [3.05, 3.63) is 50.7 Å². The van der Waals surface area contributed by atoms with Crippen LogP contribution in [0.3, 0.4) is 0 Å². The van der Waals surface area contributed by atoms with Gasteiger partial charge in [0, 0.05) is 30.9 Å². The summed E-state index contributed by atoms with van der Waals surface area (Å²) in [6.07, 6.45) is 4.10. The summed E-state index contributed by atoms with van der Waals surface area (Å²) in [5, 5.41) is 7.07. The molecule has 1 unspecified atom stereocenters. The molecule has 0 bridgehead atoms. The minimum absolute atomic E-state index is 0.0287. The van der Waals surface area contributed by atoms with E-state index in [4.69, 9.17) is 11.6 Å². The number of rotatable bonds is 2. The smallest absolute Gasteiger partial charge is 0.266 e. The molecule has 2 aromatic heterocycles. The summed E-state index contributed by atoms with van der Waals surface area (Å²) in [6.45, 7) is 3.32. The second-order valence-electron chi connectivity index (χ2n) is 5.27. The molecule has 2 N–H and O–H groups in total. The molecule has 3 heterocycles. The monoisotopic (exact) mass is 306 g/mol. The zero-order valence-corrected chi connectivity index (χ0v) is 12.3. The molecule has 1 aliphatic heterocycles. The van der Waals surface area contributed by atoms with Crippen molar-refractivity contribution in [2.45, 2.75) is 19.3 Å². The van der Waals surface area contributed by atoms with Gasteiger partial charge in [-0.1, -0.05) is 11.6 Å². The number of amides is 1. The Morgan fingerprint density at radius 1 is 1.52 bits per heavy atom. The van der Waals surface area contributed by atoms with Crippen LogP contribution in [0.15, 0.2) is 23.3 Å². The number of likely N-dealkylation sites (tertiary alicyclic amines) is 1. The summed E-state index contributed by atoms with van der Waals surface area (Å²) in [6, 6.07) is 1.41. The van der Waals surface area contributed by atoms with Crippen molar-refractivity contribution in [3.63, 3.8) is 0 Å². The minimum atomic E-state index is -0.388. The fourth-order valence-electron chi connectivity index (χ4n) is 2.71. The lowest BCUT2D eigenvalue weighted by molar-refractivity contribution is 0.0790. The van der Waals surface area contributed by atoms with E-state index in [0.29, 0.717) is 18.7 Å². The summed E-state index contributed by atoms with van der Waals surface area (Å²) in [5.41, 5.74) is 2.22. The first-order valence-corrected chi connectivity index (χ1v) is 7.11. The predicted molar refractivity (Wildman–Crippen MR) is 78.7 cm³/mol. The Morgan fingerprint density at radius 3 is 3.00 bits per heavy atom. The first kappa shape index (κ1) is 13.9. The highest BCUT2D eigenvalue weighted by Gasteiger charge is 2.29. The number of H-pyrrole nitrogens is 2. The fraction of sp³-hybridized carbons (Fsp3) is 0.357. The van der Waals surface area contributed by atoms with E-state index >= 15 is 0 Å². The van der Waals surface area contributed by atoms with E-state index in [1.165, 1.54) is 12.3 Å². The Morgan fingerprint density at radius 2 is 2.33 bits per heavy atom. The maximum atomic E-state index is 12.4. The fourth-order valence-corrected chi connectivity index (χ4v) is 2.88. The van der Waals surface area contributed by atoms with Gasteiger partial charge in [-0.05, 0) is 25.0 Å². The molecule has 0 radical (unpaired) electrons. The van der Waals surface area contributed by atoms with E-state index in [1.54, 1.807) is 11.1 Å². The number of aromatic amines is 2. The first-order chi connectivity index (χ1) is 10.1. The van der Waals surface area contributed by atoms with Gasteiger partial charge in [-0.15, -0.1) is 0 Å². The summed E-state index contributed by atoms with van der Waals surface area (Å²) >= 11 is 5.77. The van der Waals surface area contributed by atoms with Crippen LogP contribution in [0.25, 0.3) is 0 Å². The van der Waals surface area contributed by atoms with Crippen molar-refractivity contribution in [1.82, 2.24) is 20.1 Å².